The first-order chi connectivity index (χ1) is 10.5. The molecule has 116 valence electrons. The summed E-state index contributed by atoms with van der Waals surface area (Å²) in [4.78, 5) is 24.6. The number of phenols is 1. The van der Waals surface area contributed by atoms with E-state index in [1.165, 1.54) is 12.3 Å². The summed E-state index contributed by atoms with van der Waals surface area (Å²) in [7, 11) is 0. The minimum Gasteiger partial charge on any atom is -0.507 e. The standard InChI is InChI=1S/C15H16BrN3O3/c16-11-4-5-12(20)10(8-11)9-17-19-13(21)15(18-14(19)22)6-2-1-3-7-15/h4-5,8-9,20H,1-3,6-7H2,(H,18,22). The Balaban J connectivity index is 1.83. The van der Waals surface area contributed by atoms with Crippen molar-refractivity contribution in [1.29, 1.82) is 0 Å². The van der Waals surface area contributed by atoms with E-state index >= 15 is 0 Å². The zero-order valence-corrected chi connectivity index (χ0v) is 13.5. The molecule has 0 radical (unpaired) electrons. The van der Waals surface area contributed by atoms with Crippen LogP contribution in [0.3, 0.4) is 0 Å². The van der Waals surface area contributed by atoms with Gasteiger partial charge in [0, 0.05) is 10.0 Å². The van der Waals surface area contributed by atoms with Crippen molar-refractivity contribution in [1.82, 2.24) is 10.3 Å². The number of nitrogens with zero attached hydrogens (tertiary/aromatic N) is 2. The molecule has 0 aromatic heterocycles. The number of imide groups is 1. The lowest BCUT2D eigenvalue weighted by Gasteiger charge is -2.29. The molecule has 7 heteroatoms. The number of urea groups is 1. The predicted molar refractivity (Wildman–Crippen MR) is 84.6 cm³/mol. The number of benzene rings is 1. The molecule has 1 aromatic carbocycles. The number of halogens is 1. The van der Waals surface area contributed by atoms with Crippen LogP contribution in [-0.4, -0.2) is 33.8 Å². The average Bonchev–Trinajstić information content (AvgIpc) is 2.72. The maximum Gasteiger partial charge on any atom is 0.346 e. The highest BCUT2D eigenvalue weighted by molar-refractivity contribution is 9.10. The molecular formula is C15H16BrN3O3. The summed E-state index contributed by atoms with van der Waals surface area (Å²) in [5, 5.41) is 17.4. The van der Waals surface area contributed by atoms with Crippen molar-refractivity contribution < 1.29 is 14.7 Å². The number of carbonyl (C=O) groups excluding carboxylic acids is 2. The molecule has 1 saturated heterocycles. The van der Waals surface area contributed by atoms with E-state index < -0.39 is 11.6 Å². The van der Waals surface area contributed by atoms with Crippen LogP contribution in [0.2, 0.25) is 0 Å². The Morgan fingerprint density at radius 3 is 2.73 bits per heavy atom. The van der Waals surface area contributed by atoms with Gasteiger partial charge in [0.2, 0.25) is 0 Å². The predicted octanol–water partition coefficient (Wildman–Crippen LogP) is 2.74. The maximum atomic E-state index is 12.5. The normalized spacial score (nSPS) is 20.9. The van der Waals surface area contributed by atoms with Crippen LogP contribution in [0.1, 0.15) is 37.7 Å². The van der Waals surface area contributed by atoms with Gasteiger partial charge in [0.1, 0.15) is 11.3 Å². The van der Waals surface area contributed by atoms with Gasteiger partial charge < -0.3 is 10.4 Å². The number of hydrogen-bond acceptors (Lipinski definition) is 4. The van der Waals surface area contributed by atoms with Gasteiger partial charge in [-0.05, 0) is 31.0 Å². The minimum absolute atomic E-state index is 0.0337. The molecule has 3 rings (SSSR count). The van der Waals surface area contributed by atoms with Crippen molar-refractivity contribution in [2.24, 2.45) is 5.10 Å². The molecule has 0 bridgehead atoms. The van der Waals surface area contributed by atoms with E-state index in [9.17, 15) is 14.7 Å². The van der Waals surface area contributed by atoms with Crippen LogP contribution < -0.4 is 5.32 Å². The van der Waals surface area contributed by atoms with E-state index in [2.05, 4.69) is 26.3 Å². The molecule has 2 N–H and O–H groups in total. The Kier molecular flexibility index (Phi) is 3.90. The monoisotopic (exact) mass is 365 g/mol. The van der Waals surface area contributed by atoms with Crippen LogP contribution in [0.25, 0.3) is 0 Å². The minimum atomic E-state index is -0.786. The maximum absolute atomic E-state index is 12.5. The van der Waals surface area contributed by atoms with Crippen molar-refractivity contribution in [3.8, 4) is 5.75 Å². The Morgan fingerprint density at radius 1 is 1.27 bits per heavy atom. The smallest absolute Gasteiger partial charge is 0.346 e. The molecule has 2 aliphatic rings. The number of amides is 3. The van der Waals surface area contributed by atoms with Gasteiger partial charge in [0.05, 0.1) is 6.21 Å². The molecule has 1 aliphatic heterocycles. The van der Waals surface area contributed by atoms with Gasteiger partial charge in [-0.2, -0.15) is 5.10 Å². The van der Waals surface area contributed by atoms with Gasteiger partial charge in [0.25, 0.3) is 5.91 Å². The number of nitrogens with one attached hydrogen (secondary N) is 1. The first-order valence-electron chi connectivity index (χ1n) is 7.21. The van der Waals surface area contributed by atoms with Crippen LogP contribution in [0.5, 0.6) is 5.75 Å². The van der Waals surface area contributed by atoms with Gasteiger partial charge in [-0.1, -0.05) is 35.2 Å². The Hall–Kier alpha value is -1.89. The third kappa shape index (κ3) is 2.61. The van der Waals surface area contributed by atoms with Crippen molar-refractivity contribution in [3.05, 3.63) is 28.2 Å². The lowest BCUT2D eigenvalue weighted by molar-refractivity contribution is -0.132. The van der Waals surface area contributed by atoms with E-state index in [0.29, 0.717) is 18.4 Å². The average molecular weight is 366 g/mol. The zero-order chi connectivity index (χ0) is 15.7. The van der Waals surface area contributed by atoms with Crippen LogP contribution in [0.4, 0.5) is 4.79 Å². The molecule has 6 nitrogen and oxygen atoms in total. The van der Waals surface area contributed by atoms with Crippen molar-refractivity contribution in [2.45, 2.75) is 37.6 Å². The summed E-state index contributed by atoms with van der Waals surface area (Å²) in [6.07, 6.45) is 5.57. The molecule has 1 spiro atoms. The first kappa shape index (κ1) is 15.0. The second kappa shape index (κ2) is 5.72. The highest BCUT2D eigenvalue weighted by atomic mass is 79.9. The quantitative estimate of drug-likeness (QED) is 0.624. The van der Waals surface area contributed by atoms with Crippen molar-refractivity contribution in [2.75, 3.05) is 0 Å². The first-order valence-corrected chi connectivity index (χ1v) is 8.00. The summed E-state index contributed by atoms with van der Waals surface area (Å²) < 4.78 is 0.771. The van der Waals surface area contributed by atoms with Crippen molar-refractivity contribution >= 4 is 34.1 Å². The number of phenolic OH excluding ortho intramolecular Hbond substituents is 1. The summed E-state index contributed by atoms with van der Waals surface area (Å²) >= 11 is 3.30. The van der Waals surface area contributed by atoms with Gasteiger partial charge in [-0.25, -0.2) is 4.79 Å². The molecular weight excluding hydrogens is 350 g/mol. The van der Waals surface area contributed by atoms with E-state index in [1.807, 2.05) is 0 Å². The Bertz CT molecular complexity index is 653. The Labute approximate surface area is 136 Å². The van der Waals surface area contributed by atoms with Crippen LogP contribution in [0.15, 0.2) is 27.8 Å². The molecule has 0 atom stereocenters. The fourth-order valence-electron chi connectivity index (χ4n) is 2.95. The van der Waals surface area contributed by atoms with Crippen LogP contribution in [-0.2, 0) is 4.79 Å². The highest BCUT2D eigenvalue weighted by Gasteiger charge is 2.51. The summed E-state index contributed by atoms with van der Waals surface area (Å²) in [6, 6.07) is 4.36. The third-order valence-electron chi connectivity index (χ3n) is 4.15. The van der Waals surface area contributed by atoms with E-state index in [-0.39, 0.29) is 11.7 Å². The number of rotatable bonds is 2. The van der Waals surface area contributed by atoms with Gasteiger partial charge >= 0.3 is 6.03 Å². The molecule has 1 aliphatic carbocycles. The molecule has 1 saturated carbocycles. The van der Waals surface area contributed by atoms with Crippen LogP contribution in [0, 0.1) is 0 Å². The van der Waals surface area contributed by atoms with E-state index in [1.54, 1.807) is 12.1 Å². The molecule has 0 unspecified atom stereocenters. The van der Waals surface area contributed by atoms with Crippen LogP contribution >= 0.6 is 15.9 Å². The summed E-state index contributed by atoms with van der Waals surface area (Å²) in [5.41, 5.74) is -0.356. The third-order valence-corrected chi connectivity index (χ3v) is 4.64. The van der Waals surface area contributed by atoms with Gasteiger partial charge in [0.15, 0.2) is 0 Å². The molecule has 1 heterocycles. The molecule has 22 heavy (non-hydrogen) atoms. The van der Waals surface area contributed by atoms with Gasteiger partial charge in [-0.15, -0.1) is 5.01 Å². The topological polar surface area (TPSA) is 82.0 Å². The second-order valence-corrected chi connectivity index (χ2v) is 6.55. The number of aromatic hydroxyl groups is 1. The fraction of sp³-hybridized carbons (Fsp3) is 0.400. The van der Waals surface area contributed by atoms with E-state index in [4.69, 9.17) is 0 Å². The lowest BCUT2D eigenvalue weighted by atomic mass is 9.82. The second-order valence-electron chi connectivity index (χ2n) is 5.64. The number of carbonyl (C=O) groups is 2. The summed E-state index contributed by atoms with van der Waals surface area (Å²) in [5.74, 6) is -0.269. The zero-order valence-electron chi connectivity index (χ0n) is 11.9. The fourth-order valence-corrected chi connectivity index (χ4v) is 3.33. The molecule has 1 aromatic rings. The molecule has 3 amide bonds. The highest BCUT2D eigenvalue weighted by Crippen LogP contribution is 2.33. The van der Waals surface area contributed by atoms with E-state index in [0.717, 1.165) is 28.7 Å². The van der Waals surface area contributed by atoms with Gasteiger partial charge in [-0.3, -0.25) is 4.79 Å². The lowest BCUT2D eigenvalue weighted by Crippen LogP contribution is -2.48. The largest absolute Gasteiger partial charge is 0.507 e. The SMILES string of the molecule is O=C1NC2(CCCCC2)C(=O)N1N=Cc1cc(Br)ccc1O. The number of hydrazone groups is 1. The number of hydrogen-bond donors (Lipinski definition) is 2. The van der Waals surface area contributed by atoms with Crippen molar-refractivity contribution in [3.63, 3.8) is 0 Å². The molecule has 2 fully saturated rings. The Morgan fingerprint density at radius 2 is 2.00 bits per heavy atom. The summed E-state index contributed by atoms with van der Waals surface area (Å²) in [6.45, 7) is 0.